The maximum absolute atomic E-state index is 12.9. The Bertz CT molecular complexity index is 1210. The summed E-state index contributed by atoms with van der Waals surface area (Å²) in [6, 6.07) is 4.97. The quantitative estimate of drug-likeness (QED) is 0.380. The maximum Gasteiger partial charge on any atom is 0.263 e. The molecule has 0 fully saturated rings. The third-order valence-electron chi connectivity index (χ3n) is 4.84. The highest BCUT2D eigenvalue weighted by Gasteiger charge is 2.20. The van der Waals surface area contributed by atoms with Crippen LogP contribution in [0.2, 0.25) is 0 Å². The smallest absolute Gasteiger partial charge is 0.263 e. The van der Waals surface area contributed by atoms with Gasteiger partial charge in [0.15, 0.2) is 17.5 Å². The molecule has 1 aliphatic heterocycles. The number of ketones is 1. The van der Waals surface area contributed by atoms with Crippen LogP contribution in [-0.2, 0) is 11.3 Å². The molecule has 1 amide bonds. The molecule has 0 radical (unpaired) electrons. The van der Waals surface area contributed by atoms with Crippen LogP contribution in [0.3, 0.4) is 0 Å². The van der Waals surface area contributed by atoms with Gasteiger partial charge in [0.25, 0.3) is 11.5 Å². The molecule has 0 bridgehead atoms. The van der Waals surface area contributed by atoms with Crippen molar-refractivity contribution in [1.29, 1.82) is 0 Å². The molecule has 1 aliphatic rings. The number of rotatable bonds is 5. The van der Waals surface area contributed by atoms with Crippen molar-refractivity contribution in [2.24, 2.45) is 0 Å². The maximum atomic E-state index is 12.9. The number of fused-ring (bicyclic) bond motifs is 2. The Hall–Kier alpha value is -2.65. The molecular weight excluding hydrogens is 410 g/mol. The zero-order chi connectivity index (χ0) is 20.7. The number of carbonyl (C=O) groups excluding carboxylic acids is 2. The summed E-state index contributed by atoms with van der Waals surface area (Å²) in [5, 5.41) is 3.90. The normalized spacial score (nSPS) is 13.1. The number of Topliss-reactive ketones (excluding diaryl/α,β-unsaturated/α-hetero) is 1. The molecule has 29 heavy (non-hydrogen) atoms. The van der Waals surface area contributed by atoms with Crippen molar-refractivity contribution in [2.75, 3.05) is 17.7 Å². The summed E-state index contributed by atoms with van der Waals surface area (Å²) in [5.41, 5.74) is 1.86. The number of nitrogens with zero attached hydrogens (tertiary/aromatic N) is 2. The number of thiophene rings is 1. The number of hydrogen-bond donors (Lipinski definition) is 1. The first-order valence-corrected chi connectivity index (χ1v) is 10.9. The standard InChI is InChI=1S/C20H19N3O4S2/c1-4-23-19(26)17-10(2)11(3)29-18(17)22-20(23)28-9-14(24)12-5-6-15-13(7-12)21-16(25)8-27-15/h5-7H,4,8-9H2,1-3H3,(H,21,25). The second-order valence-corrected chi connectivity index (χ2v) is 8.81. The molecule has 1 N–H and O–H groups in total. The van der Waals surface area contributed by atoms with E-state index in [4.69, 9.17) is 4.74 Å². The molecule has 0 atom stereocenters. The van der Waals surface area contributed by atoms with Gasteiger partial charge in [-0.1, -0.05) is 11.8 Å². The predicted molar refractivity (Wildman–Crippen MR) is 115 cm³/mol. The lowest BCUT2D eigenvalue weighted by molar-refractivity contribution is -0.118. The van der Waals surface area contributed by atoms with Gasteiger partial charge in [-0.25, -0.2) is 4.98 Å². The van der Waals surface area contributed by atoms with Crippen LogP contribution in [0.4, 0.5) is 5.69 Å². The number of nitrogens with one attached hydrogen (secondary N) is 1. The summed E-state index contributed by atoms with van der Waals surface area (Å²) in [6.07, 6.45) is 0. The van der Waals surface area contributed by atoms with E-state index in [1.54, 1.807) is 22.8 Å². The molecular formula is C20H19N3O4S2. The van der Waals surface area contributed by atoms with E-state index < -0.39 is 0 Å². The van der Waals surface area contributed by atoms with E-state index in [1.807, 2.05) is 20.8 Å². The molecule has 1 aromatic carbocycles. The lowest BCUT2D eigenvalue weighted by Crippen LogP contribution is -2.25. The largest absolute Gasteiger partial charge is 0.482 e. The molecule has 0 spiro atoms. The lowest BCUT2D eigenvalue weighted by Gasteiger charge is -2.18. The van der Waals surface area contributed by atoms with E-state index in [0.717, 1.165) is 10.4 Å². The number of aryl methyl sites for hydroxylation is 2. The second kappa shape index (κ2) is 7.64. The van der Waals surface area contributed by atoms with Gasteiger partial charge in [0.2, 0.25) is 0 Å². The number of amides is 1. The van der Waals surface area contributed by atoms with Gasteiger partial charge in [-0.2, -0.15) is 0 Å². The van der Waals surface area contributed by atoms with Crippen LogP contribution >= 0.6 is 23.1 Å². The van der Waals surface area contributed by atoms with Crippen molar-refractivity contribution in [3.8, 4) is 5.75 Å². The molecule has 9 heteroatoms. The molecule has 0 saturated carbocycles. The Kier molecular flexibility index (Phi) is 5.18. The summed E-state index contributed by atoms with van der Waals surface area (Å²) < 4.78 is 6.93. The fourth-order valence-corrected chi connectivity index (χ4v) is 5.20. The fraction of sp³-hybridized carbons (Fsp3) is 0.300. The summed E-state index contributed by atoms with van der Waals surface area (Å²) in [4.78, 5) is 43.5. The van der Waals surface area contributed by atoms with Crippen molar-refractivity contribution in [2.45, 2.75) is 32.5 Å². The second-order valence-electron chi connectivity index (χ2n) is 6.67. The molecule has 0 saturated heterocycles. The third-order valence-corrected chi connectivity index (χ3v) is 6.91. The molecule has 7 nitrogen and oxygen atoms in total. The molecule has 4 rings (SSSR count). The first kappa shape index (κ1) is 19.7. The highest BCUT2D eigenvalue weighted by atomic mass is 32.2. The van der Waals surface area contributed by atoms with Crippen molar-refractivity contribution < 1.29 is 14.3 Å². The van der Waals surface area contributed by atoms with Gasteiger partial charge in [-0.3, -0.25) is 19.0 Å². The van der Waals surface area contributed by atoms with Gasteiger partial charge in [0, 0.05) is 17.0 Å². The van der Waals surface area contributed by atoms with E-state index in [-0.39, 0.29) is 29.6 Å². The van der Waals surface area contributed by atoms with Crippen molar-refractivity contribution in [3.63, 3.8) is 0 Å². The van der Waals surface area contributed by atoms with E-state index >= 15 is 0 Å². The van der Waals surface area contributed by atoms with Crippen LogP contribution in [0.1, 0.15) is 27.7 Å². The van der Waals surface area contributed by atoms with E-state index in [2.05, 4.69) is 10.3 Å². The molecule has 3 aromatic rings. The molecule has 3 heterocycles. The SMILES string of the molecule is CCn1c(SCC(=O)c2ccc3c(c2)NC(=O)CO3)nc2sc(C)c(C)c2c1=O. The molecule has 2 aromatic heterocycles. The number of ether oxygens (including phenoxy) is 1. The van der Waals surface area contributed by atoms with Gasteiger partial charge >= 0.3 is 0 Å². The number of hydrogen-bond acceptors (Lipinski definition) is 7. The Labute approximate surface area is 175 Å². The van der Waals surface area contributed by atoms with Crippen molar-refractivity contribution >= 4 is 50.7 Å². The third kappa shape index (κ3) is 3.56. The Morgan fingerprint density at radius 2 is 2.14 bits per heavy atom. The summed E-state index contributed by atoms with van der Waals surface area (Å²) in [7, 11) is 0. The Morgan fingerprint density at radius 1 is 1.34 bits per heavy atom. The summed E-state index contributed by atoms with van der Waals surface area (Å²) in [6.45, 7) is 6.26. The Morgan fingerprint density at radius 3 is 2.90 bits per heavy atom. The minimum Gasteiger partial charge on any atom is -0.482 e. The Balaban J connectivity index is 1.60. The topological polar surface area (TPSA) is 90.3 Å². The van der Waals surface area contributed by atoms with Gasteiger partial charge in [0.05, 0.1) is 16.8 Å². The lowest BCUT2D eigenvalue weighted by atomic mass is 10.1. The van der Waals surface area contributed by atoms with Gasteiger partial charge < -0.3 is 10.1 Å². The van der Waals surface area contributed by atoms with E-state index in [9.17, 15) is 14.4 Å². The van der Waals surface area contributed by atoms with Crippen molar-refractivity contribution in [3.05, 3.63) is 44.6 Å². The van der Waals surface area contributed by atoms with Crippen LogP contribution in [-0.4, -0.2) is 33.6 Å². The van der Waals surface area contributed by atoms with Gasteiger partial charge in [0.1, 0.15) is 10.6 Å². The number of thioether (sulfide) groups is 1. The highest BCUT2D eigenvalue weighted by molar-refractivity contribution is 7.99. The predicted octanol–water partition coefficient (Wildman–Crippen LogP) is 3.40. The number of benzene rings is 1. The minimum absolute atomic E-state index is 0.0273. The van der Waals surface area contributed by atoms with E-state index in [1.165, 1.54) is 23.1 Å². The summed E-state index contributed by atoms with van der Waals surface area (Å²) >= 11 is 2.74. The van der Waals surface area contributed by atoms with Crippen molar-refractivity contribution in [1.82, 2.24) is 9.55 Å². The van der Waals surface area contributed by atoms with Crippen LogP contribution < -0.4 is 15.6 Å². The monoisotopic (exact) mass is 429 g/mol. The van der Waals surface area contributed by atoms with Gasteiger partial charge in [-0.15, -0.1) is 11.3 Å². The van der Waals surface area contributed by atoms with Crippen LogP contribution in [0.5, 0.6) is 5.75 Å². The number of aromatic nitrogens is 2. The van der Waals surface area contributed by atoms with Crippen LogP contribution in [0, 0.1) is 13.8 Å². The van der Waals surface area contributed by atoms with Crippen LogP contribution in [0.15, 0.2) is 28.2 Å². The van der Waals surface area contributed by atoms with Crippen LogP contribution in [0.25, 0.3) is 10.2 Å². The van der Waals surface area contributed by atoms with E-state index in [0.29, 0.717) is 38.9 Å². The number of anilines is 1. The molecule has 0 unspecified atom stereocenters. The molecule has 150 valence electrons. The molecule has 0 aliphatic carbocycles. The first-order chi connectivity index (χ1) is 13.9. The number of carbonyl (C=O) groups is 2. The summed E-state index contributed by atoms with van der Waals surface area (Å²) in [5.74, 6) is 0.314. The zero-order valence-corrected chi connectivity index (χ0v) is 17.8. The minimum atomic E-state index is -0.248. The first-order valence-electron chi connectivity index (χ1n) is 9.12. The zero-order valence-electron chi connectivity index (χ0n) is 16.2. The average molecular weight is 430 g/mol. The fourth-order valence-electron chi connectivity index (χ4n) is 3.17. The highest BCUT2D eigenvalue weighted by Crippen LogP contribution is 2.30. The van der Waals surface area contributed by atoms with Gasteiger partial charge in [-0.05, 0) is 44.5 Å². The average Bonchev–Trinajstić information content (AvgIpc) is 2.99.